The number of anilines is 8. The van der Waals surface area contributed by atoms with Crippen molar-refractivity contribution in [3.05, 3.63) is 330 Å². The fourth-order valence-electron chi connectivity index (χ4n) is 15.5. The average Bonchev–Trinajstić information content (AvgIpc) is 1.57. The Bertz CT molecular complexity index is 5200. The van der Waals surface area contributed by atoms with Gasteiger partial charge in [-0.15, -0.1) is 0 Å². The van der Waals surface area contributed by atoms with Crippen LogP contribution in [0.25, 0.3) is 71.6 Å². The highest BCUT2D eigenvalue weighted by Gasteiger charge is 2.39. The molecule has 0 bridgehead atoms. The maximum atomic E-state index is 2.54. The van der Waals surface area contributed by atoms with Gasteiger partial charge in [0.2, 0.25) is 0 Å². The molecular formula is C91H80N4. The topological polar surface area (TPSA) is 14.7 Å². The molecule has 2 aliphatic rings. The molecule has 0 N–H and O–H groups in total. The van der Waals surface area contributed by atoms with E-state index in [1.165, 1.54) is 116 Å². The molecule has 1 atom stereocenters. The first-order valence-corrected chi connectivity index (χ1v) is 33.8. The van der Waals surface area contributed by atoms with Crippen molar-refractivity contribution in [1.82, 2.24) is 4.57 Å². The van der Waals surface area contributed by atoms with Crippen LogP contribution in [0, 0.1) is 13.8 Å². The Balaban J connectivity index is 0.817. The van der Waals surface area contributed by atoms with Gasteiger partial charge in [0.05, 0.1) is 16.7 Å². The predicted molar refractivity (Wildman–Crippen MR) is 405 cm³/mol. The van der Waals surface area contributed by atoms with Crippen LogP contribution in [-0.4, -0.2) is 11.1 Å². The van der Waals surface area contributed by atoms with Crippen LogP contribution in [0.3, 0.4) is 0 Å². The normalized spacial score (nSPS) is 14.1. The molecule has 0 amide bonds. The monoisotopic (exact) mass is 1230 g/mol. The van der Waals surface area contributed by atoms with Crippen molar-refractivity contribution in [2.45, 2.75) is 91.4 Å². The summed E-state index contributed by atoms with van der Waals surface area (Å²) in [7, 11) is 0. The third-order valence-corrected chi connectivity index (χ3v) is 20.6. The van der Waals surface area contributed by atoms with E-state index in [9.17, 15) is 0 Å². The third-order valence-electron chi connectivity index (χ3n) is 20.6. The Morgan fingerprint density at radius 1 is 0.389 bits per heavy atom. The zero-order valence-electron chi connectivity index (χ0n) is 56.2. The summed E-state index contributed by atoms with van der Waals surface area (Å²) in [6, 6.07) is 107. The Morgan fingerprint density at radius 2 is 0.947 bits per heavy atom. The summed E-state index contributed by atoms with van der Waals surface area (Å²) in [5.41, 5.74) is 30.2. The van der Waals surface area contributed by atoms with E-state index in [0.29, 0.717) is 0 Å². The standard InChI is InChI=1S/C91H80N4/c1-59-33-47-83(60(2)51-59)94(69-41-43-70(44-42-69)95-85-49-37-66(89(3,4)5)53-78(85)79-54-67(90(6,7)8)38-50-86(79)95)87-57-82-88(75-32-21-20-31-74(75)87)76-46-45-73(56-81(76)91(82,9)10)93(68-39-34-63(35-40-68)61-23-14-11-15-24-61)72-30-22-29-71(55-72)92-58-80(64-27-18-13-19-28-64)77-52-65(36-48-84(77)92)62-25-16-12-17-26-62/h11-57,80H,58H2,1-10H3. The van der Waals surface area contributed by atoms with Crippen LogP contribution in [0.4, 0.5) is 45.5 Å². The van der Waals surface area contributed by atoms with Crippen molar-refractivity contribution in [2.75, 3.05) is 21.2 Å². The SMILES string of the molecule is Cc1ccc(N(c2ccc(-n3c4ccc(C(C)(C)C)cc4c4cc(C(C)(C)C)ccc43)cc2)c2cc3c(c4ccccc24)-c2ccc(N(c4ccc(-c5ccccc5)cc4)c4cccc(N5CC(c6ccccc6)c6cc(-c7ccccc7)ccc65)c4)cc2C3(C)C)c(C)c1. The number of hydrogen-bond donors (Lipinski definition) is 0. The lowest BCUT2D eigenvalue weighted by Gasteiger charge is -2.31. The van der Waals surface area contributed by atoms with Gasteiger partial charge in [-0.2, -0.15) is 0 Å². The van der Waals surface area contributed by atoms with Gasteiger partial charge in [-0.05, 0) is 218 Å². The summed E-state index contributed by atoms with van der Waals surface area (Å²) in [6.07, 6.45) is 0. The second-order valence-electron chi connectivity index (χ2n) is 29.1. The van der Waals surface area contributed by atoms with Crippen LogP contribution in [0.5, 0.6) is 0 Å². The summed E-state index contributed by atoms with van der Waals surface area (Å²) in [4.78, 5) is 7.54. The molecule has 1 aromatic heterocycles. The third kappa shape index (κ3) is 10.3. The molecule has 4 nitrogen and oxygen atoms in total. The first-order chi connectivity index (χ1) is 45.9. The van der Waals surface area contributed by atoms with E-state index >= 15 is 0 Å². The summed E-state index contributed by atoms with van der Waals surface area (Å²) in [5, 5.41) is 5.04. The molecule has 1 aliphatic heterocycles. The second-order valence-corrected chi connectivity index (χ2v) is 29.1. The summed E-state index contributed by atoms with van der Waals surface area (Å²) < 4.78 is 2.47. The van der Waals surface area contributed by atoms with E-state index in [2.05, 4.69) is 374 Å². The molecule has 2 heterocycles. The van der Waals surface area contributed by atoms with Gasteiger partial charge in [-0.3, -0.25) is 0 Å². The summed E-state index contributed by atoms with van der Waals surface area (Å²) in [5.74, 6) is 0.202. The Kier molecular flexibility index (Phi) is 14.3. The fourth-order valence-corrected chi connectivity index (χ4v) is 15.5. The number of nitrogens with zero attached hydrogens (tertiary/aromatic N) is 4. The van der Waals surface area contributed by atoms with Crippen molar-refractivity contribution >= 4 is 78.1 Å². The van der Waals surface area contributed by atoms with E-state index in [0.717, 1.165) is 52.0 Å². The molecule has 1 aliphatic carbocycles. The van der Waals surface area contributed by atoms with Gasteiger partial charge in [0.25, 0.3) is 0 Å². The van der Waals surface area contributed by atoms with Crippen LogP contribution in [-0.2, 0) is 16.2 Å². The van der Waals surface area contributed by atoms with Gasteiger partial charge in [0.15, 0.2) is 0 Å². The largest absolute Gasteiger partial charge is 0.340 e. The number of aromatic nitrogens is 1. The van der Waals surface area contributed by atoms with E-state index in [1.807, 2.05) is 0 Å². The molecule has 0 saturated heterocycles. The van der Waals surface area contributed by atoms with Crippen molar-refractivity contribution in [2.24, 2.45) is 0 Å². The van der Waals surface area contributed by atoms with E-state index < -0.39 is 0 Å². The molecule has 0 fully saturated rings. The van der Waals surface area contributed by atoms with Crippen molar-refractivity contribution < 1.29 is 0 Å². The predicted octanol–water partition coefficient (Wildman–Crippen LogP) is 25.0. The summed E-state index contributed by atoms with van der Waals surface area (Å²) in [6.45, 7) is 24.0. The smallest absolute Gasteiger partial charge is 0.0543 e. The van der Waals surface area contributed by atoms with E-state index in [4.69, 9.17) is 0 Å². The summed E-state index contributed by atoms with van der Waals surface area (Å²) >= 11 is 0. The van der Waals surface area contributed by atoms with Crippen LogP contribution < -0.4 is 14.7 Å². The molecule has 464 valence electrons. The Labute approximate surface area is 560 Å². The molecule has 95 heavy (non-hydrogen) atoms. The quantitative estimate of drug-likeness (QED) is 0.128. The molecule has 0 spiro atoms. The van der Waals surface area contributed by atoms with E-state index in [-0.39, 0.29) is 22.2 Å². The first kappa shape index (κ1) is 59.3. The number of benzene rings is 13. The Morgan fingerprint density at radius 3 is 1.59 bits per heavy atom. The van der Waals surface area contributed by atoms with Crippen molar-refractivity contribution in [1.29, 1.82) is 0 Å². The maximum absolute atomic E-state index is 2.54. The lowest BCUT2D eigenvalue weighted by atomic mass is 9.81. The van der Waals surface area contributed by atoms with Crippen LogP contribution in [0.2, 0.25) is 0 Å². The highest BCUT2D eigenvalue weighted by molar-refractivity contribution is 6.12. The fraction of sp³-hybridized carbons (Fsp3) is 0.165. The molecule has 1 unspecified atom stereocenters. The molecule has 4 heteroatoms. The van der Waals surface area contributed by atoms with Crippen molar-refractivity contribution in [3.8, 4) is 39.1 Å². The Hall–Kier alpha value is -10.7. The van der Waals surface area contributed by atoms with Gasteiger partial charge in [-0.1, -0.05) is 231 Å². The van der Waals surface area contributed by atoms with Gasteiger partial charge >= 0.3 is 0 Å². The average molecular weight is 1230 g/mol. The van der Waals surface area contributed by atoms with Crippen LogP contribution >= 0.6 is 0 Å². The van der Waals surface area contributed by atoms with Crippen molar-refractivity contribution in [3.63, 3.8) is 0 Å². The minimum absolute atomic E-state index is 0.0171. The number of aryl methyl sites for hydroxylation is 2. The minimum atomic E-state index is -0.386. The zero-order chi connectivity index (χ0) is 65.1. The number of rotatable bonds is 11. The van der Waals surface area contributed by atoms with Gasteiger partial charge in [-0.25, -0.2) is 0 Å². The van der Waals surface area contributed by atoms with Gasteiger partial charge < -0.3 is 19.3 Å². The van der Waals surface area contributed by atoms with Crippen LogP contribution in [0.15, 0.2) is 285 Å². The lowest BCUT2D eigenvalue weighted by Crippen LogP contribution is -2.18. The van der Waals surface area contributed by atoms with Gasteiger partial charge in [0.1, 0.15) is 0 Å². The molecule has 13 aromatic carbocycles. The second kappa shape index (κ2) is 22.8. The van der Waals surface area contributed by atoms with E-state index in [1.54, 1.807) is 0 Å². The molecule has 14 aromatic rings. The highest BCUT2D eigenvalue weighted by atomic mass is 15.2. The maximum Gasteiger partial charge on any atom is 0.0543 e. The van der Waals surface area contributed by atoms with Gasteiger partial charge in [0, 0.05) is 79.5 Å². The lowest BCUT2D eigenvalue weighted by molar-refractivity contribution is 0.590. The number of fused-ring (bicyclic) bond motifs is 9. The minimum Gasteiger partial charge on any atom is -0.340 e. The first-order valence-electron chi connectivity index (χ1n) is 33.8. The molecular weight excluding hydrogens is 1150 g/mol. The molecule has 0 saturated carbocycles. The zero-order valence-corrected chi connectivity index (χ0v) is 56.2. The highest BCUT2D eigenvalue weighted by Crippen LogP contribution is 2.57. The van der Waals surface area contributed by atoms with Crippen LogP contribution in [0.1, 0.15) is 106 Å². The number of hydrogen-bond acceptors (Lipinski definition) is 3. The molecule has 16 rings (SSSR count). The molecule has 0 radical (unpaired) electrons.